The molecular weight excluding hydrogens is 194 g/mol. The van der Waals surface area contributed by atoms with Gasteiger partial charge in [0.25, 0.3) is 0 Å². The van der Waals surface area contributed by atoms with E-state index in [2.05, 4.69) is 36.5 Å². The second-order valence-corrected chi connectivity index (χ2v) is 4.46. The fourth-order valence-corrected chi connectivity index (χ4v) is 2.44. The molecule has 1 aliphatic rings. The van der Waals surface area contributed by atoms with Crippen molar-refractivity contribution in [2.24, 2.45) is 5.41 Å². The third-order valence-electron chi connectivity index (χ3n) is 2.96. The van der Waals surface area contributed by atoms with Gasteiger partial charge in [-0.05, 0) is 36.4 Å². The second kappa shape index (κ2) is 4.33. The fourth-order valence-electron chi connectivity index (χ4n) is 2.44. The van der Waals surface area contributed by atoms with Crippen LogP contribution in [-0.4, -0.2) is 13.6 Å². The zero-order valence-electron chi connectivity index (χ0n) is 8.84. The number of rotatable bonds is 2. The Balaban J connectivity index is 0.000000980. The van der Waals surface area contributed by atoms with Crippen molar-refractivity contribution in [1.29, 1.82) is 0 Å². The van der Waals surface area contributed by atoms with Crippen LogP contribution >= 0.6 is 12.4 Å². The van der Waals surface area contributed by atoms with E-state index in [0.29, 0.717) is 5.41 Å². The number of hydrogen-bond donors (Lipinski definition) is 1. The molecule has 1 aromatic rings. The molecule has 0 aromatic heterocycles. The molecule has 0 unspecified atom stereocenters. The van der Waals surface area contributed by atoms with Crippen molar-refractivity contribution in [2.45, 2.75) is 19.8 Å². The van der Waals surface area contributed by atoms with Gasteiger partial charge in [-0.3, -0.25) is 0 Å². The molecule has 0 fully saturated rings. The van der Waals surface area contributed by atoms with Crippen LogP contribution in [-0.2, 0) is 12.8 Å². The largest absolute Gasteiger partial charge is 0.319 e. The lowest BCUT2D eigenvalue weighted by Crippen LogP contribution is -2.30. The van der Waals surface area contributed by atoms with Crippen LogP contribution in [0.1, 0.15) is 18.1 Å². The van der Waals surface area contributed by atoms with E-state index in [4.69, 9.17) is 0 Å². The molecule has 78 valence electrons. The standard InChI is InChI=1S/C12H17N.ClH/c1-12(9-13-2)7-10-5-3-4-6-11(10)8-12;/h3-6,13H,7-9H2,1-2H3;1H. The zero-order chi connectivity index (χ0) is 9.31. The molecule has 1 aliphatic carbocycles. The number of halogens is 1. The van der Waals surface area contributed by atoms with E-state index in [-0.39, 0.29) is 12.4 Å². The molecular formula is C12H18ClN. The van der Waals surface area contributed by atoms with Crippen molar-refractivity contribution in [3.63, 3.8) is 0 Å². The van der Waals surface area contributed by atoms with E-state index in [1.165, 1.54) is 12.8 Å². The molecule has 0 atom stereocenters. The average molecular weight is 212 g/mol. The van der Waals surface area contributed by atoms with Gasteiger partial charge in [0.15, 0.2) is 0 Å². The van der Waals surface area contributed by atoms with Gasteiger partial charge >= 0.3 is 0 Å². The minimum Gasteiger partial charge on any atom is -0.319 e. The lowest BCUT2D eigenvalue weighted by Gasteiger charge is -2.22. The van der Waals surface area contributed by atoms with Gasteiger partial charge in [-0.1, -0.05) is 31.2 Å². The van der Waals surface area contributed by atoms with Crippen molar-refractivity contribution in [2.75, 3.05) is 13.6 Å². The Morgan fingerprint density at radius 3 is 2.14 bits per heavy atom. The summed E-state index contributed by atoms with van der Waals surface area (Å²) in [6.45, 7) is 3.48. The molecule has 2 rings (SSSR count). The minimum atomic E-state index is 0. The van der Waals surface area contributed by atoms with Crippen LogP contribution < -0.4 is 5.32 Å². The highest BCUT2D eigenvalue weighted by Crippen LogP contribution is 2.35. The first kappa shape index (κ1) is 11.5. The Morgan fingerprint density at radius 2 is 1.71 bits per heavy atom. The predicted octanol–water partition coefficient (Wildman–Crippen LogP) is 2.43. The predicted molar refractivity (Wildman–Crippen MR) is 63.1 cm³/mol. The summed E-state index contributed by atoms with van der Waals surface area (Å²) in [6.07, 6.45) is 2.45. The monoisotopic (exact) mass is 211 g/mol. The van der Waals surface area contributed by atoms with Gasteiger partial charge in [0.2, 0.25) is 0 Å². The second-order valence-electron chi connectivity index (χ2n) is 4.46. The third kappa shape index (κ3) is 2.10. The quantitative estimate of drug-likeness (QED) is 0.793. The summed E-state index contributed by atoms with van der Waals surface area (Å²) >= 11 is 0. The van der Waals surface area contributed by atoms with Gasteiger partial charge in [0.05, 0.1) is 0 Å². The molecule has 0 amide bonds. The van der Waals surface area contributed by atoms with E-state index in [1.807, 2.05) is 7.05 Å². The lowest BCUT2D eigenvalue weighted by atomic mass is 9.87. The molecule has 0 heterocycles. The minimum absolute atomic E-state index is 0. The van der Waals surface area contributed by atoms with Crippen LogP contribution in [0.2, 0.25) is 0 Å². The van der Waals surface area contributed by atoms with Gasteiger partial charge in [-0.25, -0.2) is 0 Å². The molecule has 0 bridgehead atoms. The van der Waals surface area contributed by atoms with E-state index < -0.39 is 0 Å². The van der Waals surface area contributed by atoms with Crippen molar-refractivity contribution >= 4 is 12.4 Å². The van der Waals surface area contributed by atoms with Crippen LogP contribution in [0.25, 0.3) is 0 Å². The zero-order valence-corrected chi connectivity index (χ0v) is 9.66. The number of benzene rings is 1. The smallest absolute Gasteiger partial charge is 0.000854 e. The van der Waals surface area contributed by atoms with Gasteiger partial charge in [0, 0.05) is 6.54 Å². The summed E-state index contributed by atoms with van der Waals surface area (Å²) < 4.78 is 0. The lowest BCUT2D eigenvalue weighted by molar-refractivity contribution is 0.334. The third-order valence-corrected chi connectivity index (χ3v) is 2.96. The Labute approximate surface area is 92.3 Å². The number of hydrogen-bond acceptors (Lipinski definition) is 1. The SMILES string of the molecule is CNCC1(C)Cc2ccccc2C1.Cl. The molecule has 0 aliphatic heterocycles. The van der Waals surface area contributed by atoms with Crippen LogP contribution in [0.3, 0.4) is 0 Å². The normalized spacial score (nSPS) is 17.3. The summed E-state index contributed by atoms with van der Waals surface area (Å²) in [7, 11) is 2.04. The molecule has 2 heteroatoms. The van der Waals surface area contributed by atoms with E-state index >= 15 is 0 Å². The topological polar surface area (TPSA) is 12.0 Å². The fraction of sp³-hybridized carbons (Fsp3) is 0.500. The summed E-state index contributed by atoms with van der Waals surface area (Å²) in [5.74, 6) is 0. The highest BCUT2D eigenvalue weighted by atomic mass is 35.5. The van der Waals surface area contributed by atoms with Crippen LogP contribution in [0.4, 0.5) is 0 Å². The van der Waals surface area contributed by atoms with Crippen LogP contribution in [0.15, 0.2) is 24.3 Å². The molecule has 1 nitrogen and oxygen atoms in total. The highest BCUT2D eigenvalue weighted by Gasteiger charge is 2.31. The first-order chi connectivity index (χ1) is 6.23. The molecule has 0 saturated heterocycles. The maximum absolute atomic E-state index is 3.28. The average Bonchev–Trinajstić information content (AvgIpc) is 2.40. The maximum atomic E-state index is 3.28. The van der Waals surface area contributed by atoms with E-state index in [9.17, 15) is 0 Å². The van der Waals surface area contributed by atoms with Crippen LogP contribution in [0, 0.1) is 5.41 Å². The molecule has 14 heavy (non-hydrogen) atoms. The van der Waals surface area contributed by atoms with Gasteiger partial charge < -0.3 is 5.32 Å². The first-order valence-electron chi connectivity index (χ1n) is 4.95. The highest BCUT2D eigenvalue weighted by molar-refractivity contribution is 5.85. The number of fused-ring (bicyclic) bond motifs is 1. The molecule has 0 radical (unpaired) electrons. The van der Waals surface area contributed by atoms with Crippen molar-refractivity contribution in [1.82, 2.24) is 5.32 Å². The first-order valence-corrected chi connectivity index (χ1v) is 4.95. The Morgan fingerprint density at radius 1 is 1.21 bits per heavy atom. The van der Waals surface area contributed by atoms with Gasteiger partial charge in [-0.15, -0.1) is 12.4 Å². The molecule has 0 spiro atoms. The van der Waals surface area contributed by atoms with E-state index in [1.54, 1.807) is 11.1 Å². The van der Waals surface area contributed by atoms with Crippen LogP contribution in [0.5, 0.6) is 0 Å². The van der Waals surface area contributed by atoms with Gasteiger partial charge in [0.1, 0.15) is 0 Å². The van der Waals surface area contributed by atoms with Crippen molar-refractivity contribution < 1.29 is 0 Å². The van der Waals surface area contributed by atoms with Crippen molar-refractivity contribution in [3.8, 4) is 0 Å². The van der Waals surface area contributed by atoms with E-state index in [0.717, 1.165) is 6.54 Å². The summed E-state index contributed by atoms with van der Waals surface area (Å²) in [5.41, 5.74) is 3.53. The Bertz CT molecular complexity index is 284. The molecule has 1 N–H and O–H groups in total. The summed E-state index contributed by atoms with van der Waals surface area (Å²) in [5, 5.41) is 3.28. The molecule has 0 saturated carbocycles. The maximum Gasteiger partial charge on any atom is 0.000854 e. The Kier molecular flexibility index (Phi) is 3.57. The molecule has 1 aromatic carbocycles. The Hall–Kier alpha value is -0.530. The summed E-state index contributed by atoms with van der Waals surface area (Å²) in [4.78, 5) is 0. The van der Waals surface area contributed by atoms with Crippen molar-refractivity contribution in [3.05, 3.63) is 35.4 Å². The number of nitrogens with one attached hydrogen (secondary N) is 1. The summed E-state index contributed by atoms with van der Waals surface area (Å²) in [6, 6.07) is 8.81. The van der Waals surface area contributed by atoms with Gasteiger partial charge in [-0.2, -0.15) is 0 Å².